The maximum atomic E-state index is 8.13. The number of aromatic nitrogens is 1. The van der Waals surface area contributed by atoms with Crippen LogP contribution in [0.2, 0.25) is 5.02 Å². The van der Waals surface area contributed by atoms with Crippen LogP contribution in [0.5, 0.6) is 0 Å². The molecular formula is C20H25ClN4. The van der Waals surface area contributed by atoms with Gasteiger partial charge in [0, 0.05) is 28.6 Å². The van der Waals surface area contributed by atoms with E-state index in [9.17, 15) is 0 Å². The second-order valence-electron chi connectivity index (χ2n) is 6.81. The van der Waals surface area contributed by atoms with E-state index >= 15 is 0 Å². The minimum atomic E-state index is 0.349. The SMILES string of the molecule is Cc1nccc([C@H]2CC[C@H](NC(=N)Nc3ccc(Cl)cc3)CC2)c1C. The standard InChI is InChI=1S/C20H25ClN4/c1-13-14(2)23-12-11-19(13)15-3-7-17(8-4-15)24-20(22)25-18-9-5-16(21)6-10-18/h5-6,9-12,15,17H,3-4,7-8H2,1-2H3,(H3,22,24,25)/t15-,17-. The molecule has 1 heterocycles. The predicted molar refractivity (Wildman–Crippen MR) is 105 cm³/mol. The molecule has 3 rings (SSSR count). The summed E-state index contributed by atoms with van der Waals surface area (Å²) in [5.41, 5.74) is 4.78. The average molecular weight is 357 g/mol. The number of hydrogen-bond donors (Lipinski definition) is 3. The van der Waals surface area contributed by atoms with Crippen LogP contribution in [-0.4, -0.2) is 17.0 Å². The Kier molecular flexibility index (Phi) is 5.59. The molecule has 25 heavy (non-hydrogen) atoms. The lowest BCUT2D eigenvalue weighted by Gasteiger charge is -2.31. The Morgan fingerprint density at radius 3 is 2.44 bits per heavy atom. The van der Waals surface area contributed by atoms with E-state index in [0.29, 0.717) is 22.9 Å². The number of anilines is 1. The third-order valence-electron chi connectivity index (χ3n) is 5.13. The van der Waals surface area contributed by atoms with Gasteiger partial charge in [-0.2, -0.15) is 0 Å². The Bertz CT molecular complexity index is 734. The van der Waals surface area contributed by atoms with Gasteiger partial charge in [-0.05, 0) is 86.9 Å². The summed E-state index contributed by atoms with van der Waals surface area (Å²) >= 11 is 5.89. The molecule has 132 valence electrons. The van der Waals surface area contributed by atoms with Crippen molar-refractivity contribution >= 4 is 23.2 Å². The highest BCUT2D eigenvalue weighted by Crippen LogP contribution is 2.34. The van der Waals surface area contributed by atoms with Crippen molar-refractivity contribution in [3.05, 3.63) is 58.4 Å². The van der Waals surface area contributed by atoms with Gasteiger partial charge < -0.3 is 10.6 Å². The van der Waals surface area contributed by atoms with Gasteiger partial charge >= 0.3 is 0 Å². The molecule has 5 heteroatoms. The lowest BCUT2D eigenvalue weighted by atomic mass is 9.80. The summed E-state index contributed by atoms with van der Waals surface area (Å²) < 4.78 is 0. The van der Waals surface area contributed by atoms with Crippen LogP contribution in [0.4, 0.5) is 5.69 Å². The van der Waals surface area contributed by atoms with Crippen molar-refractivity contribution < 1.29 is 0 Å². The Morgan fingerprint density at radius 2 is 1.76 bits per heavy atom. The Morgan fingerprint density at radius 1 is 1.08 bits per heavy atom. The van der Waals surface area contributed by atoms with Gasteiger partial charge in [0.2, 0.25) is 0 Å². The lowest BCUT2D eigenvalue weighted by molar-refractivity contribution is 0.372. The van der Waals surface area contributed by atoms with Crippen molar-refractivity contribution in [1.82, 2.24) is 10.3 Å². The highest BCUT2D eigenvalue weighted by molar-refractivity contribution is 6.30. The second kappa shape index (κ2) is 7.87. The number of hydrogen-bond acceptors (Lipinski definition) is 2. The summed E-state index contributed by atoms with van der Waals surface area (Å²) in [5, 5.41) is 15.2. The van der Waals surface area contributed by atoms with Gasteiger partial charge in [-0.1, -0.05) is 11.6 Å². The number of guanidine groups is 1. The first-order valence-corrected chi connectivity index (χ1v) is 9.20. The van der Waals surface area contributed by atoms with E-state index in [1.807, 2.05) is 30.5 Å². The van der Waals surface area contributed by atoms with E-state index < -0.39 is 0 Å². The normalized spacial score (nSPS) is 20.1. The molecule has 0 aliphatic heterocycles. The van der Waals surface area contributed by atoms with Crippen LogP contribution in [0.15, 0.2) is 36.5 Å². The van der Waals surface area contributed by atoms with Crippen LogP contribution in [-0.2, 0) is 0 Å². The summed E-state index contributed by atoms with van der Waals surface area (Å²) in [4.78, 5) is 4.38. The average Bonchev–Trinajstić information content (AvgIpc) is 2.60. The molecule has 1 saturated carbocycles. The van der Waals surface area contributed by atoms with Gasteiger partial charge in [-0.15, -0.1) is 0 Å². The third-order valence-corrected chi connectivity index (χ3v) is 5.38. The van der Waals surface area contributed by atoms with Crippen LogP contribution >= 0.6 is 11.6 Å². The van der Waals surface area contributed by atoms with Crippen molar-refractivity contribution in [1.29, 1.82) is 5.41 Å². The topological polar surface area (TPSA) is 60.8 Å². The molecule has 0 radical (unpaired) electrons. The minimum Gasteiger partial charge on any atom is -0.354 e. The van der Waals surface area contributed by atoms with E-state index in [2.05, 4.69) is 35.5 Å². The summed E-state index contributed by atoms with van der Waals surface area (Å²) in [6, 6.07) is 9.92. The van der Waals surface area contributed by atoms with Crippen LogP contribution in [0.25, 0.3) is 0 Å². The predicted octanol–water partition coefficient (Wildman–Crippen LogP) is 5.01. The van der Waals surface area contributed by atoms with Crippen LogP contribution < -0.4 is 10.6 Å². The van der Waals surface area contributed by atoms with Crippen molar-refractivity contribution in [2.24, 2.45) is 0 Å². The molecule has 0 saturated heterocycles. The number of halogens is 1. The number of rotatable bonds is 3. The van der Waals surface area contributed by atoms with E-state index in [-0.39, 0.29) is 0 Å². The quantitative estimate of drug-likeness (QED) is 0.534. The Balaban J connectivity index is 1.51. The van der Waals surface area contributed by atoms with Crippen LogP contribution in [0.1, 0.15) is 48.4 Å². The second-order valence-corrected chi connectivity index (χ2v) is 7.25. The molecule has 0 spiro atoms. The van der Waals surface area contributed by atoms with E-state index in [1.54, 1.807) is 0 Å². The molecule has 1 aliphatic rings. The van der Waals surface area contributed by atoms with Crippen LogP contribution in [0.3, 0.4) is 0 Å². The molecule has 0 unspecified atom stereocenters. The maximum absolute atomic E-state index is 8.13. The summed E-state index contributed by atoms with van der Waals surface area (Å²) in [6.45, 7) is 4.25. The zero-order chi connectivity index (χ0) is 17.8. The Labute approximate surface area is 154 Å². The monoisotopic (exact) mass is 356 g/mol. The first-order valence-electron chi connectivity index (χ1n) is 8.82. The summed E-state index contributed by atoms with van der Waals surface area (Å²) in [7, 11) is 0. The number of nitrogens with zero attached hydrogens (tertiary/aromatic N) is 1. The fourth-order valence-corrected chi connectivity index (χ4v) is 3.69. The highest BCUT2D eigenvalue weighted by Gasteiger charge is 2.24. The number of aryl methyl sites for hydroxylation is 1. The van der Waals surface area contributed by atoms with E-state index in [4.69, 9.17) is 17.0 Å². The van der Waals surface area contributed by atoms with E-state index in [1.165, 1.54) is 11.1 Å². The highest BCUT2D eigenvalue weighted by atomic mass is 35.5. The number of benzene rings is 1. The van der Waals surface area contributed by atoms with Gasteiger partial charge in [0.1, 0.15) is 0 Å². The minimum absolute atomic E-state index is 0.349. The van der Waals surface area contributed by atoms with Crippen molar-refractivity contribution in [3.8, 4) is 0 Å². The fraction of sp³-hybridized carbons (Fsp3) is 0.400. The Hall–Kier alpha value is -2.07. The molecular weight excluding hydrogens is 332 g/mol. The fourth-order valence-electron chi connectivity index (χ4n) is 3.57. The molecule has 1 aliphatic carbocycles. The first-order chi connectivity index (χ1) is 12.0. The third kappa shape index (κ3) is 4.51. The summed E-state index contributed by atoms with van der Waals surface area (Å²) in [5.74, 6) is 0.958. The lowest BCUT2D eigenvalue weighted by Crippen LogP contribution is -2.40. The molecule has 4 nitrogen and oxygen atoms in total. The summed E-state index contributed by atoms with van der Waals surface area (Å²) in [6.07, 6.45) is 6.38. The number of nitrogens with one attached hydrogen (secondary N) is 3. The van der Waals surface area contributed by atoms with Crippen molar-refractivity contribution in [2.45, 2.75) is 51.5 Å². The van der Waals surface area contributed by atoms with Gasteiger partial charge in [0.05, 0.1) is 0 Å². The van der Waals surface area contributed by atoms with Crippen molar-refractivity contribution in [2.75, 3.05) is 5.32 Å². The molecule has 0 bridgehead atoms. The van der Waals surface area contributed by atoms with Crippen molar-refractivity contribution in [3.63, 3.8) is 0 Å². The van der Waals surface area contributed by atoms with Crippen LogP contribution in [0, 0.1) is 19.3 Å². The molecule has 1 aromatic carbocycles. The van der Waals surface area contributed by atoms with Gasteiger partial charge in [-0.25, -0.2) is 0 Å². The smallest absolute Gasteiger partial charge is 0.193 e. The number of pyridine rings is 1. The molecule has 2 aromatic rings. The molecule has 3 N–H and O–H groups in total. The van der Waals surface area contributed by atoms with Gasteiger partial charge in [-0.3, -0.25) is 10.4 Å². The molecule has 0 atom stereocenters. The maximum Gasteiger partial charge on any atom is 0.193 e. The zero-order valence-corrected chi connectivity index (χ0v) is 15.5. The molecule has 0 amide bonds. The van der Waals surface area contributed by atoms with Gasteiger partial charge in [0.25, 0.3) is 0 Å². The zero-order valence-electron chi connectivity index (χ0n) is 14.8. The van der Waals surface area contributed by atoms with Gasteiger partial charge in [0.15, 0.2) is 5.96 Å². The first kappa shape index (κ1) is 17.7. The molecule has 1 aromatic heterocycles. The largest absolute Gasteiger partial charge is 0.354 e. The van der Waals surface area contributed by atoms with E-state index in [0.717, 1.165) is 37.1 Å². The molecule has 1 fully saturated rings.